The number of hydrogen-bond acceptors (Lipinski definition) is 0. The van der Waals surface area contributed by atoms with Crippen LogP contribution in [0.3, 0.4) is 0 Å². The van der Waals surface area contributed by atoms with Crippen molar-refractivity contribution in [1.29, 1.82) is 0 Å². The summed E-state index contributed by atoms with van der Waals surface area (Å²) in [5.41, 5.74) is 0.956. The van der Waals surface area contributed by atoms with E-state index in [1.807, 2.05) is 73.7 Å². The summed E-state index contributed by atoms with van der Waals surface area (Å²) in [7, 11) is -5.97. The van der Waals surface area contributed by atoms with Crippen LogP contribution in [0, 0.1) is 0 Å². The molecule has 0 aliphatic rings. The molecule has 122 valence electrons. The van der Waals surface area contributed by atoms with Gasteiger partial charge in [-0.3, -0.25) is 0 Å². The molecule has 2 atom stereocenters. The van der Waals surface area contributed by atoms with Gasteiger partial charge in [0.2, 0.25) is 0 Å². The van der Waals surface area contributed by atoms with E-state index < -0.39 is 16.8 Å². The van der Waals surface area contributed by atoms with Crippen LogP contribution in [0.2, 0.25) is 25.2 Å². The SMILES string of the molecule is C/C(=C/C[Si](C)(F)c1ccccc1)C[Si](C)(F)c1ccccc1. The molecule has 0 heterocycles. The Labute approximate surface area is 140 Å². The highest BCUT2D eigenvalue weighted by atomic mass is 28.4. The fraction of sp³-hybridized carbons (Fsp3) is 0.263. The largest absolute Gasteiger partial charge is 0.308 e. The van der Waals surface area contributed by atoms with E-state index in [2.05, 4.69) is 0 Å². The average molecular weight is 347 g/mol. The van der Waals surface area contributed by atoms with E-state index in [4.69, 9.17) is 0 Å². The molecule has 0 bridgehead atoms. The van der Waals surface area contributed by atoms with Gasteiger partial charge in [0.1, 0.15) is 0 Å². The zero-order valence-electron chi connectivity index (χ0n) is 14.0. The molecule has 0 spiro atoms. The molecular weight excluding hydrogens is 322 g/mol. The Kier molecular flexibility index (Phi) is 5.71. The van der Waals surface area contributed by atoms with E-state index in [0.29, 0.717) is 12.1 Å². The Bertz CT molecular complexity index is 650. The second kappa shape index (κ2) is 7.36. The van der Waals surface area contributed by atoms with E-state index >= 15 is 4.11 Å². The molecule has 2 aromatic carbocycles. The summed E-state index contributed by atoms with van der Waals surface area (Å²) in [6.45, 7) is 5.36. The zero-order chi connectivity index (χ0) is 16.9. The molecular formula is C19H24F2Si2. The summed E-state index contributed by atoms with van der Waals surface area (Å²) in [4.78, 5) is 0. The molecule has 0 aliphatic heterocycles. The highest BCUT2D eigenvalue weighted by molar-refractivity contribution is 6.86. The van der Waals surface area contributed by atoms with E-state index in [1.54, 1.807) is 13.1 Å². The molecule has 0 fully saturated rings. The molecule has 4 heteroatoms. The Morgan fingerprint density at radius 1 is 0.826 bits per heavy atom. The van der Waals surface area contributed by atoms with Crippen molar-refractivity contribution in [2.24, 2.45) is 0 Å². The third-order valence-electron chi connectivity index (χ3n) is 4.20. The van der Waals surface area contributed by atoms with Gasteiger partial charge in [0, 0.05) is 0 Å². The maximum Gasteiger partial charge on any atom is 0.278 e. The molecule has 0 aromatic heterocycles. The Balaban J connectivity index is 2.06. The molecule has 2 aromatic rings. The molecule has 0 N–H and O–H groups in total. The smallest absolute Gasteiger partial charge is 0.278 e. The van der Waals surface area contributed by atoms with Crippen LogP contribution >= 0.6 is 0 Å². The van der Waals surface area contributed by atoms with Crippen molar-refractivity contribution in [2.75, 3.05) is 0 Å². The van der Waals surface area contributed by atoms with Crippen LogP contribution in [0.25, 0.3) is 0 Å². The van der Waals surface area contributed by atoms with E-state index in [9.17, 15) is 4.11 Å². The number of hydrogen-bond donors (Lipinski definition) is 0. The zero-order valence-corrected chi connectivity index (χ0v) is 16.0. The van der Waals surface area contributed by atoms with E-state index in [1.165, 1.54) is 0 Å². The maximum absolute atomic E-state index is 15.0. The van der Waals surface area contributed by atoms with Crippen LogP contribution in [-0.4, -0.2) is 16.8 Å². The minimum atomic E-state index is -2.99. The Hall–Kier alpha value is -1.53. The van der Waals surface area contributed by atoms with Gasteiger partial charge >= 0.3 is 0 Å². The Morgan fingerprint density at radius 2 is 1.26 bits per heavy atom. The normalized spacial score (nSPS) is 17.3. The van der Waals surface area contributed by atoms with Gasteiger partial charge in [-0.15, -0.1) is 0 Å². The van der Waals surface area contributed by atoms with Gasteiger partial charge in [0.15, 0.2) is 0 Å². The third kappa shape index (κ3) is 4.98. The minimum Gasteiger partial charge on any atom is -0.308 e. The lowest BCUT2D eigenvalue weighted by atomic mass is 10.3. The van der Waals surface area contributed by atoms with Gasteiger partial charge < -0.3 is 8.22 Å². The first-order valence-electron chi connectivity index (χ1n) is 7.96. The van der Waals surface area contributed by atoms with Gasteiger partial charge in [0.25, 0.3) is 16.8 Å². The summed E-state index contributed by atoms with van der Waals surface area (Å²) in [5, 5.41) is 1.60. The summed E-state index contributed by atoms with van der Waals surface area (Å²) in [6, 6.07) is 19.6. The molecule has 0 radical (unpaired) electrons. The van der Waals surface area contributed by atoms with Crippen molar-refractivity contribution < 1.29 is 8.22 Å². The highest BCUT2D eigenvalue weighted by Crippen LogP contribution is 2.21. The third-order valence-corrected chi connectivity index (χ3v) is 9.46. The van der Waals surface area contributed by atoms with Crippen molar-refractivity contribution in [2.45, 2.75) is 32.1 Å². The van der Waals surface area contributed by atoms with Gasteiger partial charge in [-0.1, -0.05) is 72.3 Å². The van der Waals surface area contributed by atoms with E-state index in [0.717, 1.165) is 15.9 Å². The standard InChI is InChI=1S/C19H24F2Si2/c1-17(16-23(3,21)19-12-8-5-9-13-19)14-15-22(2,20)18-10-6-4-7-11-18/h4-14H,15-16H2,1-3H3/b17-14-. The lowest BCUT2D eigenvalue weighted by Crippen LogP contribution is -2.40. The molecule has 0 amide bonds. The first kappa shape index (κ1) is 17.8. The lowest BCUT2D eigenvalue weighted by Gasteiger charge is -2.20. The number of allylic oxidation sites excluding steroid dienone is 2. The fourth-order valence-electron chi connectivity index (χ4n) is 2.75. The monoisotopic (exact) mass is 346 g/mol. The number of benzene rings is 2. The molecule has 23 heavy (non-hydrogen) atoms. The highest BCUT2D eigenvalue weighted by Gasteiger charge is 2.32. The van der Waals surface area contributed by atoms with Crippen LogP contribution in [0.1, 0.15) is 6.92 Å². The van der Waals surface area contributed by atoms with Gasteiger partial charge in [-0.2, -0.15) is 0 Å². The van der Waals surface area contributed by atoms with Crippen LogP contribution in [0.4, 0.5) is 8.22 Å². The molecule has 0 saturated heterocycles. The number of rotatable bonds is 6. The average Bonchev–Trinajstić information content (AvgIpc) is 2.54. The van der Waals surface area contributed by atoms with Gasteiger partial charge in [0.05, 0.1) is 0 Å². The van der Waals surface area contributed by atoms with Gasteiger partial charge in [-0.05, 0) is 42.5 Å². The summed E-state index contributed by atoms with van der Waals surface area (Å²) in [5.74, 6) is 0. The molecule has 0 nitrogen and oxygen atoms in total. The van der Waals surface area contributed by atoms with E-state index in [-0.39, 0.29) is 0 Å². The Morgan fingerprint density at radius 3 is 1.74 bits per heavy atom. The predicted molar refractivity (Wildman–Crippen MR) is 101 cm³/mol. The second-order valence-corrected chi connectivity index (χ2v) is 13.3. The fourth-order valence-corrected chi connectivity index (χ4v) is 6.89. The van der Waals surface area contributed by atoms with Crippen molar-refractivity contribution in [3.63, 3.8) is 0 Å². The lowest BCUT2D eigenvalue weighted by molar-refractivity contribution is 0.802. The number of halogens is 2. The van der Waals surface area contributed by atoms with Crippen LogP contribution < -0.4 is 10.4 Å². The predicted octanol–water partition coefficient (Wildman–Crippen LogP) is 4.84. The summed E-state index contributed by atoms with van der Waals surface area (Å²) in [6.07, 6.45) is 1.91. The minimum absolute atomic E-state index is 0.405. The quantitative estimate of drug-likeness (QED) is 0.399. The first-order valence-corrected chi connectivity index (χ1v) is 13.1. The first-order chi connectivity index (χ1) is 10.8. The molecule has 2 rings (SSSR count). The van der Waals surface area contributed by atoms with Crippen LogP contribution in [0.15, 0.2) is 72.3 Å². The maximum atomic E-state index is 15.0. The van der Waals surface area contributed by atoms with Crippen LogP contribution in [0.5, 0.6) is 0 Å². The second-order valence-electron chi connectivity index (χ2n) is 6.56. The van der Waals surface area contributed by atoms with Crippen molar-refractivity contribution in [1.82, 2.24) is 0 Å². The molecule has 0 saturated carbocycles. The van der Waals surface area contributed by atoms with Crippen molar-refractivity contribution in [3.8, 4) is 0 Å². The topological polar surface area (TPSA) is 0 Å². The van der Waals surface area contributed by atoms with Crippen LogP contribution in [-0.2, 0) is 0 Å². The van der Waals surface area contributed by atoms with Crippen molar-refractivity contribution >= 4 is 27.2 Å². The van der Waals surface area contributed by atoms with Gasteiger partial charge in [-0.25, -0.2) is 0 Å². The summed E-state index contributed by atoms with van der Waals surface area (Å²) >= 11 is 0. The molecule has 2 unspecified atom stereocenters. The molecule has 0 aliphatic carbocycles. The summed E-state index contributed by atoms with van der Waals surface area (Å²) < 4.78 is 30.0. The van der Waals surface area contributed by atoms with Crippen molar-refractivity contribution in [3.05, 3.63) is 72.3 Å².